The van der Waals surface area contributed by atoms with Crippen molar-refractivity contribution in [3.8, 4) is 0 Å². The minimum atomic E-state index is 0.662. The Morgan fingerprint density at radius 2 is 1.50 bits per heavy atom. The first-order chi connectivity index (χ1) is 3.81. The van der Waals surface area contributed by atoms with E-state index in [-0.39, 0.29) is 0 Å². The molecule has 0 aliphatic rings. The SMILES string of the molecule is CCC[NH+](O)CCC. The average Bonchev–Trinajstić information content (AvgIpc) is 1.68. The highest BCUT2D eigenvalue weighted by Crippen LogP contribution is 1.65. The van der Waals surface area contributed by atoms with E-state index in [4.69, 9.17) is 5.21 Å². The molecule has 0 aromatic rings. The maximum Gasteiger partial charge on any atom is 0.107 e. The second kappa shape index (κ2) is 5.06. The van der Waals surface area contributed by atoms with Gasteiger partial charge in [-0.25, -0.2) is 5.21 Å². The Morgan fingerprint density at radius 3 is 1.75 bits per heavy atom. The topological polar surface area (TPSA) is 24.7 Å². The minimum absolute atomic E-state index is 0.662. The molecular weight excluding hydrogens is 102 g/mol. The summed E-state index contributed by atoms with van der Waals surface area (Å²) in [6.45, 7) is 5.92. The third-order valence-electron chi connectivity index (χ3n) is 1.08. The van der Waals surface area contributed by atoms with Crippen molar-refractivity contribution in [3.63, 3.8) is 0 Å². The van der Waals surface area contributed by atoms with Crippen LogP contribution >= 0.6 is 0 Å². The van der Waals surface area contributed by atoms with Gasteiger partial charge in [0.15, 0.2) is 0 Å². The van der Waals surface area contributed by atoms with Crippen LogP contribution in [0.5, 0.6) is 0 Å². The van der Waals surface area contributed by atoms with Crippen LogP contribution in [0.15, 0.2) is 0 Å². The monoisotopic (exact) mass is 118 g/mol. The molecule has 0 aromatic carbocycles. The molecule has 0 heterocycles. The Labute approximate surface area is 51.1 Å². The lowest BCUT2D eigenvalue weighted by atomic mass is 10.4. The highest BCUT2D eigenvalue weighted by atomic mass is 16.5. The van der Waals surface area contributed by atoms with Crippen molar-refractivity contribution in [1.29, 1.82) is 0 Å². The van der Waals surface area contributed by atoms with Gasteiger partial charge in [0.2, 0.25) is 0 Å². The summed E-state index contributed by atoms with van der Waals surface area (Å²) < 4.78 is 0. The molecule has 0 saturated carbocycles. The summed E-state index contributed by atoms with van der Waals surface area (Å²) in [7, 11) is 0. The van der Waals surface area contributed by atoms with Crippen molar-refractivity contribution < 1.29 is 10.3 Å². The Kier molecular flexibility index (Phi) is 5.01. The summed E-state index contributed by atoms with van der Waals surface area (Å²) in [5.41, 5.74) is 0. The Bertz CT molecular complexity index is 41.8. The summed E-state index contributed by atoms with van der Waals surface area (Å²) in [5, 5.41) is 9.63. The third-order valence-corrected chi connectivity index (χ3v) is 1.08. The molecular formula is C6H16NO+. The van der Waals surface area contributed by atoms with Crippen molar-refractivity contribution in [1.82, 2.24) is 0 Å². The number of hydrogen-bond acceptors (Lipinski definition) is 1. The zero-order chi connectivity index (χ0) is 6.41. The Morgan fingerprint density at radius 1 is 1.12 bits per heavy atom. The van der Waals surface area contributed by atoms with E-state index in [1.807, 2.05) is 0 Å². The second-order valence-electron chi connectivity index (χ2n) is 2.07. The van der Waals surface area contributed by atoms with E-state index in [0.717, 1.165) is 25.9 Å². The van der Waals surface area contributed by atoms with Crippen LogP contribution in [0, 0.1) is 0 Å². The fourth-order valence-corrected chi connectivity index (χ4v) is 0.702. The van der Waals surface area contributed by atoms with Gasteiger partial charge in [-0.15, -0.1) is 0 Å². The average molecular weight is 118 g/mol. The first kappa shape index (κ1) is 7.92. The van der Waals surface area contributed by atoms with Gasteiger partial charge in [-0.2, -0.15) is 5.06 Å². The van der Waals surface area contributed by atoms with Crippen LogP contribution in [-0.2, 0) is 0 Å². The quantitative estimate of drug-likeness (QED) is 0.502. The largest absolute Gasteiger partial charge is 0.219 e. The highest BCUT2D eigenvalue weighted by molar-refractivity contribution is 4.19. The summed E-state index contributed by atoms with van der Waals surface area (Å²) in [6, 6.07) is 0. The van der Waals surface area contributed by atoms with Crippen molar-refractivity contribution >= 4 is 0 Å². The molecule has 0 amide bonds. The molecule has 0 unspecified atom stereocenters. The molecule has 0 atom stereocenters. The smallest absolute Gasteiger partial charge is 0.107 e. The molecule has 2 nitrogen and oxygen atoms in total. The van der Waals surface area contributed by atoms with Crippen LogP contribution < -0.4 is 5.06 Å². The second-order valence-corrected chi connectivity index (χ2v) is 2.07. The number of quaternary nitrogens is 1. The molecule has 0 aliphatic carbocycles. The van der Waals surface area contributed by atoms with Crippen LogP contribution in [-0.4, -0.2) is 18.3 Å². The number of nitrogens with one attached hydrogen (secondary N) is 1. The van der Waals surface area contributed by atoms with Crippen molar-refractivity contribution in [3.05, 3.63) is 0 Å². The molecule has 0 spiro atoms. The summed E-state index contributed by atoms with van der Waals surface area (Å²) in [6.07, 6.45) is 2.12. The van der Waals surface area contributed by atoms with Crippen molar-refractivity contribution in [2.75, 3.05) is 13.1 Å². The fourth-order valence-electron chi connectivity index (χ4n) is 0.702. The molecule has 0 aliphatic heterocycles. The number of rotatable bonds is 4. The molecule has 8 heavy (non-hydrogen) atoms. The van der Waals surface area contributed by atoms with Crippen molar-refractivity contribution in [2.45, 2.75) is 26.7 Å². The highest BCUT2D eigenvalue weighted by Gasteiger charge is 1.97. The first-order valence-corrected chi connectivity index (χ1v) is 3.34. The van der Waals surface area contributed by atoms with E-state index in [2.05, 4.69) is 13.8 Å². The van der Waals surface area contributed by atoms with Gasteiger partial charge in [0, 0.05) is 0 Å². The van der Waals surface area contributed by atoms with Crippen molar-refractivity contribution in [2.24, 2.45) is 0 Å². The summed E-state index contributed by atoms with van der Waals surface area (Å²) in [5.74, 6) is 0. The first-order valence-electron chi connectivity index (χ1n) is 3.34. The lowest BCUT2D eigenvalue weighted by Crippen LogP contribution is -3.09. The molecule has 0 radical (unpaired) electrons. The van der Waals surface area contributed by atoms with E-state index >= 15 is 0 Å². The molecule has 0 rings (SSSR count). The molecule has 0 saturated heterocycles. The van der Waals surface area contributed by atoms with Crippen LogP contribution in [0.1, 0.15) is 26.7 Å². The Balaban J connectivity index is 2.92. The zero-order valence-corrected chi connectivity index (χ0v) is 5.78. The maximum absolute atomic E-state index is 8.97. The standard InChI is InChI=1S/C6H15NO/c1-3-5-7(8)6-4-2/h8H,3-6H2,1-2H3/p+1. The van der Waals surface area contributed by atoms with Gasteiger partial charge in [-0.1, -0.05) is 13.8 Å². The number of hydrogen-bond donors (Lipinski definition) is 2. The van der Waals surface area contributed by atoms with Gasteiger partial charge >= 0.3 is 0 Å². The van der Waals surface area contributed by atoms with Gasteiger partial charge in [0.05, 0.1) is 0 Å². The summed E-state index contributed by atoms with van der Waals surface area (Å²) in [4.78, 5) is 0. The summed E-state index contributed by atoms with van der Waals surface area (Å²) >= 11 is 0. The van der Waals surface area contributed by atoms with Gasteiger partial charge in [0.1, 0.15) is 13.1 Å². The van der Waals surface area contributed by atoms with E-state index in [9.17, 15) is 0 Å². The zero-order valence-electron chi connectivity index (χ0n) is 5.78. The lowest BCUT2D eigenvalue weighted by Gasteiger charge is -2.05. The van der Waals surface area contributed by atoms with Crippen LogP contribution in [0.4, 0.5) is 0 Å². The Hall–Kier alpha value is -0.0800. The van der Waals surface area contributed by atoms with Gasteiger partial charge < -0.3 is 0 Å². The normalized spacial score (nSPS) is 10.5. The van der Waals surface area contributed by atoms with E-state index in [1.165, 1.54) is 0 Å². The molecule has 2 N–H and O–H groups in total. The third kappa shape index (κ3) is 4.09. The van der Waals surface area contributed by atoms with E-state index in [0.29, 0.717) is 5.06 Å². The molecule has 50 valence electrons. The maximum atomic E-state index is 8.97. The molecule has 0 aromatic heterocycles. The predicted octanol–water partition coefficient (Wildman–Crippen LogP) is 0.0805. The van der Waals surface area contributed by atoms with Gasteiger partial charge in [-0.05, 0) is 12.8 Å². The van der Waals surface area contributed by atoms with E-state index in [1.54, 1.807) is 0 Å². The molecule has 2 heteroatoms. The number of hydroxylamine groups is 2. The predicted molar refractivity (Wildman–Crippen MR) is 33.1 cm³/mol. The minimum Gasteiger partial charge on any atom is -0.219 e. The van der Waals surface area contributed by atoms with Gasteiger partial charge in [0.25, 0.3) is 0 Å². The lowest BCUT2D eigenvalue weighted by molar-refractivity contribution is -1.09. The van der Waals surface area contributed by atoms with Crippen LogP contribution in [0.3, 0.4) is 0 Å². The fraction of sp³-hybridized carbons (Fsp3) is 1.00. The molecule has 0 fully saturated rings. The van der Waals surface area contributed by atoms with Crippen LogP contribution in [0.2, 0.25) is 0 Å². The van der Waals surface area contributed by atoms with Gasteiger partial charge in [-0.3, -0.25) is 0 Å². The molecule has 0 bridgehead atoms. The van der Waals surface area contributed by atoms with Crippen LogP contribution in [0.25, 0.3) is 0 Å². The van der Waals surface area contributed by atoms with E-state index < -0.39 is 0 Å².